The monoisotopic (exact) mass is 216 g/mol. The molecule has 15 heavy (non-hydrogen) atoms. The lowest BCUT2D eigenvalue weighted by Crippen LogP contribution is -2.38. The van der Waals surface area contributed by atoms with Crippen molar-refractivity contribution in [3.8, 4) is 0 Å². The maximum absolute atomic E-state index is 11.7. The van der Waals surface area contributed by atoms with Crippen molar-refractivity contribution in [1.82, 2.24) is 10.2 Å². The van der Waals surface area contributed by atoms with E-state index in [4.69, 9.17) is 5.11 Å². The van der Waals surface area contributed by atoms with Gasteiger partial charge in [-0.15, -0.1) is 0 Å². The summed E-state index contributed by atoms with van der Waals surface area (Å²) in [6.07, 6.45) is 0.130. The van der Waals surface area contributed by atoms with Crippen molar-refractivity contribution in [2.75, 3.05) is 19.6 Å². The van der Waals surface area contributed by atoms with E-state index in [9.17, 15) is 4.79 Å². The van der Waals surface area contributed by atoms with Crippen LogP contribution in [-0.2, 0) is 4.79 Å². The molecule has 4 nitrogen and oxygen atoms in total. The van der Waals surface area contributed by atoms with Gasteiger partial charge in [0.1, 0.15) is 0 Å². The second kappa shape index (κ2) is 7.65. The second-order valence-electron chi connectivity index (χ2n) is 3.93. The molecule has 2 atom stereocenters. The van der Waals surface area contributed by atoms with Gasteiger partial charge in [0.05, 0.1) is 6.10 Å². The van der Waals surface area contributed by atoms with Gasteiger partial charge in [0.15, 0.2) is 0 Å². The first-order chi connectivity index (χ1) is 7.01. The summed E-state index contributed by atoms with van der Waals surface area (Å²) >= 11 is 0. The molecule has 0 saturated carbocycles. The predicted molar refractivity (Wildman–Crippen MR) is 61.7 cm³/mol. The van der Waals surface area contributed by atoms with Gasteiger partial charge in [-0.1, -0.05) is 0 Å². The van der Waals surface area contributed by atoms with Crippen molar-refractivity contribution in [2.24, 2.45) is 0 Å². The van der Waals surface area contributed by atoms with Crippen LogP contribution >= 0.6 is 0 Å². The van der Waals surface area contributed by atoms with Gasteiger partial charge in [0.2, 0.25) is 5.91 Å². The van der Waals surface area contributed by atoms with Crippen LogP contribution < -0.4 is 5.32 Å². The zero-order chi connectivity index (χ0) is 11.8. The Morgan fingerprint density at radius 1 is 1.33 bits per heavy atom. The van der Waals surface area contributed by atoms with Crippen LogP contribution in [0, 0.1) is 0 Å². The van der Waals surface area contributed by atoms with E-state index in [1.165, 1.54) is 0 Å². The molecule has 2 N–H and O–H groups in total. The summed E-state index contributed by atoms with van der Waals surface area (Å²) in [6.45, 7) is 9.71. The molecule has 4 heteroatoms. The first-order valence-electron chi connectivity index (χ1n) is 5.70. The summed E-state index contributed by atoms with van der Waals surface area (Å²) in [5.41, 5.74) is 0. The molecule has 1 amide bonds. The summed E-state index contributed by atoms with van der Waals surface area (Å²) in [6, 6.07) is 0.118. The summed E-state index contributed by atoms with van der Waals surface area (Å²) < 4.78 is 0. The normalized spacial score (nSPS) is 14.7. The fourth-order valence-electron chi connectivity index (χ4n) is 1.41. The van der Waals surface area contributed by atoms with E-state index in [-0.39, 0.29) is 18.1 Å². The molecule has 0 aliphatic heterocycles. The Morgan fingerprint density at radius 3 is 2.27 bits per heavy atom. The minimum Gasteiger partial charge on any atom is -0.392 e. The van der Waals surface area contributed by atoms with E-state index in [0.717, 1.165) is 13.1 Å². The maximum Gasteiger partial charge on any atom is 0.224 e. The third kappa shape index (κ3) is 6.47. The number of carbonyl (C=O) groups is 1. The number of carbonyl (C=O) groups excluding carboxylic acids is 1. The fraction of sp³-hybridized carbons (Fsp3) is 0.909. The van der Waals surface area contributed by atoms with Gasteiger partial charge in [0, 0.05) is 32.1 Å². The average molecular weight is 216 g/mol. The standard InChI is InChI=1S/C11H24N2O2/c1-5-13(6-2)11(15)7-9(3)12-8-10(4)14/h9-10,12,14H,5-8H2,1-4H3/t9?,10-/m1/s1. The lowest BCUT2D eigenvalue weighted by molar-refractivity contribution is -0.131. The number of hydrogen-bond acceptors (Lipinski definition) is 3. The molecule has 0 aromatic carbocycles. The van der Waals surface area contributed by atoms with E-state index in [2.05, 4.69) is 5.32 Å². The zero-order valence-corrected chi connectivity index (χ0v) is 10.3. The number of hydrogen-bond donors (Lipinski definition) is 2. The van der Waals surface area contributed by atoms with Crippen molar-refractivity contribution in [3.05, 3.63) is 0 Å². The molecule has 0 spiro atoms. The van der Waals surface area contributed by atoms with Crippen LogP contribution in [0.3, 0.4) is 0 Å². The first-order valence-corrected chi connectivity index (χ1v) is 5.70. The Hall–Kier alpha value is -0.610. The minimum absolute atomic E-state index is 0.118. The number of nitrogens with one attached hydrogen (secondary N) is 1. The average Bonchev–Trinajstić information content (AvgIpc) is 2.16. The number of nitrogens with zero attached hydrogens (tertiary/aromatic N) is 1. The van der Waals surface area contributed by atoms with Crippen LogP contribution in [0.4, 0.5) is 0 Å². The number of amides is 1. The van der Waals surface area contributed by atoms with E-state index in [1.54, 1.807) is 6.92 Å². The SMILES string of the molecule is CCN(CC)C(=O)CC(C)NC[C@@H](C)O. The van der Waals surface area contributed by atoms with E-state index in [0.29, 0.717) is 13.0 Å². The highest BCUT2D eigenvalue weighted by Crippen LogP contribution is 1.98. The summed E-state index contributed by atoms with van der Waals surface area (Å²) in [7, 11) is 0. The lowest BCUT2D eigenvalue weighted by atomic mass is 10.2. The minimum atomic E-state index is -0.365. The number of aliphatic hydroxyl groups excluding tert-OH is 1. The van der Waals surface area contributed by atoms with Crippen molar-refractivity contribution in [2.45, 2.75) is 46.3 Å². The molecule has 0 radical (unpaired) electrons. The van der Waals surface area contributed by atoms with Gasteiger partial charge >= 0.3 is 0 Å². The van der Waals surface area contributed by atoms with Gasteiger partial charge in [0.25, 0.3) is 0 Å². The Balaban J connectivity index is 3.84. The molecule has 0 aromatic rings. The number of rotatable bonds is 7. The Kier molecular flexibility index (Phi) is 7.34. The fourth-order valence-corrected chi connectivity index (χ4v) is 1.41. The molecule has 0 rings (SSSR count). The van der Waals surface area contributed by atoms with Gasteiger partial charge in [-0.3, -0.25) is 4.79 Å². The van der Waals surface area contributed by atoms with Crippen molar-refractivity contribution >= 4 is 5.91 Å². The Bertz CT molecular complexity index is 179. The van der Waals surface area contributed by atoms with Gasteiger partial charge in [-0.25, -0.2) is 0 Å². The van der Waals surface area contributed by atoms with Crippen LogP contribution in [0.25, 0.3) is 0 Å². The number of aliphatic hydroxyl groups is 1. The predicted octanol–water partition coefficient (Wildman–Crippen LogP) is 0.604. The highest BCUT2D eigenvalue weighted by Gasteiger charge is 2.13. The van der Waals surface area contributed by atoms with Gasteiger partial charge in [-0.05, 0) is 27.7 Å². The zero-order valence-electron chi connectivity index (χ0n) is 10.3. The van der Waals surface area contributed by atoms with Gasteiger partial charge in [-0.2, -0.15) is 0 Å². The molecule has 0 aromatic heterocycles. The maximum atomic E-state index is 11.7. The summed E-state index contributed by atoms with van der Waals surface area (Å²) in [5.74, 6) is 0.172. The molecule has 0 heterocycles. The summed E-state index contributed by atoms with van der Waals surface area (Å²) in [4.78, 5) is 13.5. The topological polar surface area (TPSA) is 52.6 Å². The largest absolute Gasteiger partial charge is 0.392 e. The molecule has 0 aliphatic carbocycles. The lowest BCUT2D eigenvalue weighted by Gasteiger charge is -2.21. The quantitative estimate of drug-likeness (QED) is 0.655. The van der Waals surface area contributed by atoms with Crippen LogP contribution in [0.2, 0.25) is 0 Å². The van der Waals surface area contributed by atoms with E-state index in [1.807, 2.05) is 25.7 Å². The molecular formula is C11H24N2O2. The molecular weight excluding hydrogens is 192 g/mol. The third-order valence-corrected chi connectivity index (χ3v) is 2.36. The molecule has 0 aliphatic rings. The van der Waals surface area contributed by atoms with Gasteiger partial charge < -0.3 is 15.3 Å². The second-order valence-corrected chi connectivity index (χ2v) is 3.93. The Labute approximate surface area is 92.7 Å². The van der Waals surface area contributed by atoms with Crippen LogP contribution in [-0.4, -0.2) is 47.7 Å². The van der Waals surface area contributed by atoms with Crippen LogP contribution in [0.5, 0.6) is 0 Å². The van der Waals surface area contributed by atoms with Crippen molar-refractivity contribution < 1.29 is 9.90 Å². The van der Waals surface area contributed by atoms with Crippen molar-refractivity contribution in [3.63, 3.8) is 0 Å². The van der Waals surface area contributed by atoms with Crippen molar-refractivity contribution in [1.29, 1.82) is 0 Å². The molecule has 1 unspecified atom stereocenters. The Morgan fingerprint density at radius 2 is 1.87 bits per heavy atom. The van der Waals surface area contributed by atoms with Crippen LogP contribution in [0.15, 0.2) is 0 Å². The highest BCUT2D eigenvalue weighted by atomic mass is 16.3. The molecule has 90 valence electrons. The summed E-state index contributed by atoms with van der Waals surface area (Å²) in [5, 5.41) is 12.2. The first kappa shape index (κ1) is 14.4. The highest BCUT2D eigenvalue weighted by molar-refractivity contribution is 5.76. The molecule has 0 bridgehead atoms. The van der Waals surface area contributed by atoms with Crippen LogP contribution in [0.1, 0.15) is 34.1 Å². The van der Waals surface area contributed by atoms with E-state index >= 15 is 0 Å². The third-order valence-electron chi connectivity index (χ3n) is 2.36. The molecule has 0 fully saturated rings. The smallest absolute Gasteiger partial charge is 0.224 e. The molecule has 0 saturated heterocycles. The van der Waals surface area contributed by atoms with E-state index < -0.39 is 0 Å².